The van der Waals surface area contributed by atoms with Gasteiger partial charge in [-0.05, 0) is 23.6 Å². The highest BCUT2D eigenvalue weighted by Crippen LogP contribution is 2.34. The molecule has 0 aromatic heterocycles. The average molecular weight is 262 g/mol. The predicted octanol–water partition coefficient (Wildman–Crippen LogP) is 2.30. The van der Waals surface area contributed by atoms with Gasteiger partial charge in [-0.3, -0.25) is 4.79 Å². The number of hydrogen-bond donors (Lipinski definition) is 2. The van der Waals surface area contributed by atoms with Crippen LogP contribution in [0.15, 0.2) is 18.2 Å². The first-order valence-corrected chi connectivity index (χ1v) is 6.78. The number of benzene rings is 1. The van der Waals surface area contributed by atoms with Crippen LogP contribution in [-0.2, 0) is 4.79 Å². The molecule has 0 spiro atoms. The largest absolute Gasteiger partial charge is 0.493 e. The maximum atomic E-state index is 11.3. The fourth-order valence-electron chi connectivity index (χ4n) is 2.40. The summed E-state index contributed by atoms with van der Waals surface area (Å²) in [6.45, 7) is 6.38. The highest BCUT2D eigenvalue weighted by atomic mass is 16.5. The van der Waals surface area contributed by atoms with Crippen molar-refractivity contribution in [2.24, 2.45) is 11.7 Å². The molecule has 1 aliphatic heterocycles. The lowest BCUT2D eigenvalue weighted by Crippen LogP contribution is -2.30. The van der Waals surface area contributed by atoms with Crippen LogP contribution in [0.4, 0.5) is 0 Å². The van der Waals surface area contributed by atoms with Gasteiger partial charge in [0.15, 0.2) is 0 Å². The SMILES string of the molecule is CC(=O)NC1CCOc2ccc(C(N)C(C)C)cc21. The molecular formula is C15H22N2O2. The minimum Gasteiger partial charge on any atom is -0.493 e. The Morgan fingerprint density at radius 1 is 1.47 bits per heavy atom. The highest BCUT2D eigenvalue weighted by Gasteiger charge is 2.23. The Bertz CT molecular complexity index is 471. The zero-order chi connectivity index (χ0) is 14.0. The van der Waals surface area contributed by atoms with Crippen molar-refractivity contribution in [3.63, 3.8) is 0 Å². The van der Waals surface area contributed by atoms with Gasteiger partial charge in [-0.2, -0.15) is 0 Å². The third kappa shape index (κ3) is 3.07. The third-order valence-corrected chi connectivity index (χ3v) is 3.55. The van der Waals surface area contributed by atoms with Gasteiger partial charge in [0.1, 0.15) is 5.75 Å². The van der Waals surface area contributed by atoms with Crippen molar-refractivity contribution >= 4 is 5.91 Å². The Hall–Kier alpha value is -1.55. The first-order chi connectivity index (χ1) is 8.99. The van der Waals surface area contributed by atoms with Gasteiger partial charge in [0.05, 0.1) is 12.6 Å². The van der Waals surface area contributed by atoms with Crippen LogP contribution in [0.1, 0.15) is 50.4 Å². The van der Waals surface area contributed by atoms with Gasteiger partial charge in [0.25, 0.3) is 0 Å². The number of fused-ring (bicyclic) bond motifs is 1. The lowest BCUT2D eigenvalue weighted by atomic mass is 9.92. The first kappa shape index (κ1) is 13.9. The second-order valence-corrected chi connectivity index (χ2v) is 5.46. The maximum absolute atomic E-state index is 11.3. The fourth-order valence-corrected chi connectivity index (χ4v) is 2.40. The summed E-state index contributed by atoms with van der Waals surface area (Å²) in [7, 11) is 0. The third-order valence-electron chi connectivity index (χ3n) is 3.55. The Morgan fingerprint density at radius 3 is 2.84 bits per heavy atom. The number of nitrogens with two attached hydrogens (primary N) is 1. The van der Waals surface area contributed by atoms with Crippen LogP contribution in [0, 0.1) is 5.92 Å². The summed E-state index contributed by atoms with van der Waals surface area (Å²) in [6.07, 6.45) is 0.799. The molecule has 104 valence electrons. The molecule has 0 saturated heterocycles. The lowest BCUT2D eigenvalue weighted by Gasteiger charge is -2.28. The van der Waals surface area contributed by atoms with Crippen LogP contribution in [0.5, 0.6) is 5.75 Å². The Morgan fingerprint density at radius 2 is 2.21 bits per heavy atom. The van der Waals surface area contributed by atoms with Crippen molar-refractivity contribution in [1.82, 2.24) is 5.32 Å². The van der Waals surface area contributed by atoms with Crippen LogP contribution in [0.2, 0.25) is 0 Å². The van der Waals surface area contributed by atoms with Gasteiger partial charge in [0.2, 0.25) is 5.91 Å². The van der Waals surface area contributed by atoms with Crippen molar-refractivity contribution in [3.05, 3.63) is 29.3 Å². The molecule has 0 fully saturated rings. The molecule has 3 N–H and O–H groups in total. The van der Waals surface area contributed by atoms with Crippen molar-refractivity contribution < 1.29 is 9.53 Å². The summed E-state index contributed by atoms with van der Waals surface area (Å²) in [5.74, 6) is 1.21. The number of nitrogens with one attached hydrogen (secondary N) is 1. The average Bonchev–Trinajstić information content (AvgIpc) is 2.37. The topological polar surface area (TPSA) is 64.3 Å². The molecule has 0 aliphatic carbocycles. The molecule has 4 heteroatoms. The fraction of sp³-hybridized carbons (Fsp3) is 0.533. The highest BCUT2D eigenvalue weighted by molar-refractivity contribution is 5.73. The monoisotopic (exact) mass is 262 g/mol. The van der Waals surface area contributed by atoms with Crippen LogP contribution in [0.3, 0.4) is 0 Å². The maximum Gasteiger partial charge on any atom is 0.217 e. The first-order valence-electron chi connectivity index (χ1n) is 6.78. The number of ether oxygens (including phenoxy) is 1. The summed E-state index contributed by atoms with van der Waals surface area (Å²) >= 11 is 0. The number of carbonyl (C=O) groups excluding carboxylic acids is 1. The molecule has 1 aromatic carbocycles. The molecule has 19 heavy (non-hydrogen) atoms. The van der Waals surface area contributed by atoms with Crippen molar-refractivity contribution in [1.29, 1.82) is 0 Å². The van der Waals surface area contributed by atoms with E-state index in [2.05, 4.69) is 25.2 Å². The van der Waals surface area contributed by atoms with Crippen molar-refractivity contribution in [2.75, 3.05) is 6.61 Å². The van der Waals surface area contributed by atoms with Gasteiger partial charge in [0, 0.05) is 24.9 Å². The molecule has 0 bridgehead atoms. The molecule has 1 amide bonds. The lowest BCUT2D eigenvalue weighted by molar-refractivity contribution is -0.119. The molecule has 4 nitrogen and oxygen atoms in total. The smallest absolute Gasteiger partial charge is 0.217 e. The number of hydrogen-bond acceptors (Lipinski definition) is 3. The van der Waals surface area contributed by atoms with Crippen LogP contribution in [0.25, 0.3) is 0 Å². The van der Waals surface area contributed by atoms with E-state index in [1.165, 1.54) is 0 Å². The Labute approximate surface area is 114 Å². The van der Waals surface area contributed by atoms with E-state index >= 15 is 0 Å². The summed E-state index contributed by atoms with van der Waals surface area (Å²) in [4.78, 5) is 11.3. The number of rotatable bonds is 3. The molecule has 0 saturated carbocycles. The minimum atomic E-state index is -0.0172. The van der Waals surface area contributed by atoms with E-state index in [1.807, 2.05) is 12.1 Å². The quantitative estimate of drug-likeness (QED) is 0.878. The van der Waals surface area contributed by atoms with E-state index in [4.69, 9.17) is 10.5 Å². The molecule has 2 atom stereocenters. The summed E-state index contributed by atoms with van der Waals surface area (Å²) in [5.41, 5.74) is 8.32. The van der Waals surface area contributed by atoms with Crippen LogP contribution < -0.4 is 15.8 Å². The molecule has 2 rings (SSSR count). The summed E-state index contributed by atoms with van der Waals surface area (Å²) in [6, 6.07) is 6.08. The van der Waals surface area contributed by atoms with Gasteiger partial charge >= 0.3 is 0 Å². The molecule has 1 heterocycles. The number of amides is 1. The zero-order valence-corrected chi connectivity index (χ0v) is 11.8. The van der Waals surface area contributed by atoms with E-state index in [-0.39, 0.29) is 18.0 Å². The Kier molecular flexibility index (Phi) is 4.10. The summed E-state index contributed by atoms with van der Waals surface area (Å²) < 4.78 is 5.64. The molecular weight excluding hydrogens is 240 g/mol. The van der Waals surface area contributed by atoms with Gasteiger partial charge in [-0.15, -0.1) is 0 Å². The van der Waals surface area contributed by atoms with Crippen molar-refractivity contribution in [3.8, 4) is 5.75 Å². The second-order valence-electron chi connectivity index (χ2n) is 5.46. The van der Waals surface area contributed by atoms with Gasteiger partial charge in [-0.25, -0.2) is 0 Å². The predicted molar refractivity (Wildman–Crippen MR) is 74.9 cm³/mol. The Balaban J connectivity index is 2.32. The second kappa shape index (κ2) is 5.61. The molecule has 1 aliphatic rings. The normalized spacial score (nSPS) is 19.5. The standard InChI is InChI=1S/C15H22N2O2/c1-9(2)15(16)11-4-5-14-12(8-11)13(6-7-19-14)17-10(3)18/h4-5,8-9,13,15H,6-7,16H2,1-3H3,(H,17,18). The summed E-state index contributed by atoms with van der Waals surface area (Å²) in [5, 5.41) is 2.97. The number of carbonyl (C=O) groups is 1. The van der Waals surface area contributed by atoms with E-state index in [0.29, 0.717) is 12.5 Å². The molecule has 1 aromatic rings. The van der Waals surface area contributed by atoms with Crippen molar-refractivity contribution in [2.45, 2.75) is 39.3 Å². The molecule has 2 unspecified atom stereocenters. The van der Waals surface area contributed by atoms with E-state index in [9.17, 15) is 4.79 Å². The minimum absolute atomic E-state index is 0.00482. The van der Waals surface area contributed by atoms with E-state index in [0.717, 1.165) is 23.3 Å². The zero-order valence-electron chi connectivity index (χ0n) is 11.8. The van der Waals surface area contributed by atoms with E-state index < -0.39 is 0 Å². The van der Waals surface area contributed by atoms with Crippen LogP contribution in [-0.4, -0.2) is 12.5 Å². The van der Waals surface area contributed by atoms with Crippen LogP contribution >= 0.6 is 0 Å². The van der Waals surface area contributed by atoms with E-state index in [1.54, 1.807) is 6.92 Å². The molecule has 0 radical (unpaired) electrons. The van der Waals surface area contributed by atoms with Gasteiger partial charge < -0.3 is 15.8 Å². The van der Waals surface area contributed by atoms with Gasteiger partial charge in [-0.1, -0.05) is 19.9 Å².